The van der Waals surface area contributed by atoms with Gasteiger partial charge in [0.15, 0.2) is 17.3 Å². The summed E-state index contributed by atoms with van der Waals surface area (Å²) in [5.74, 6) is 1.02. The van der Waals surface area contributed by atoms with Crippen molar-refractivity contribution in [1.29, 1.82) is 0 Å². The number of methoxy groups -OCH3 is 2. The number of carbonyl (C=O) groups excluding carboxylic acids is 1. The number of ether oxygens (including phenoxy) is 3. The van der Waals surface area contributed by atoms with E-state index in [4.69, 9.17) is 9.47 Å². The van der Waals surface area contributed by atoms with Crippen LogP contribution in [0.25, 0.3) is 11.4 Å². The van der Waals surface area contributed by atoms with Crippen molar-refractivity contribution in [2.24, 2.45) is 0 Å². The highest BCUT2D eigenvalue weighted by Crippen LogP contribution is 2.31. The topological polar surface area (TPSA) is 98.4 Å². The molecular formula is C18H16F2N4O4. The van der Waals surface area contributed by atoms with Crippen LogP contribution < -0.4 is 19.5 Å². The largest absolute Gasteiger partial charge is 0.493 e. The Labute approximate surface area is 158 Å². The number of aromatic amines is 1. The minimum Gasteiger partial charge on any atom is -0.493 e. The highest BCUT2D eigenvalue weighted by Gasteiger charge is 2.13. The van der Waals surface area contributed by atoms with Crippen LogP contribution in [0.4, 0.5) is 14.7 Å². The molecule has 28 heavy (non-hydrogen) atoms. The van der Waals surface area contributed by atoms with Gasteiger partial charge in [0.25, 0.3) is 5.91 Å². The van der Waals surface area contributed by atoms with Crippen LogP contribution in [0.1, 0.15) is 10.4 Å². The minimum atomic E-state index is -2.93. The number of nitrogens with one attached hydrogen (secondary N) is 2. The second kappa shape index (κ2) is 8.33. The number of nitrogens with zero attached hydrogens (tertiary/aromatic N) is 2. The van der Waals surface area contributed by atoms with Gasteiger partial charge in [-0.25, -0.2) is 0 Å². The molecule has 2 aromatic carbocycles. The van der Waals surface area contributed by atoms with Gasteiger partial charge in [-0.3, -0.25) is 15.2 Å². The van der Waals surface area contributed by atoms with Crippen LogP contribution in [0, 0.1) is 0 Å². The van der Waals surface area contributed by atoms with Crippen LogP contribution in [0.3, 0.4) is 0 Å². The third-order valence-electron chi connectivity index (χ3n) is 3.71. The number of H-pyrrole nitrogens is 1. The molecule has 3 rings (SSSR count). The summed E-state index contributed by atoms with van der Waals surface area (Å²) in [5, 5.41) is 9.19. The predicted molar refractivity (Wildman–Crippen MR) is 95.9 cm³/mol. The van der Waals surface area contributed by atoms with Crippen LogP contribution in [-0.2, 0) is 0 Å². The van der Waals surface area contributed by atoms with E-state index < -0.39 is 12.5 Å². The van der Waals surface area contributed by atoms with Gasteiger partial charge in [-0.1, -0.05) is 0 Å². The zero-order valence-corrected chi connectivity index (χ0v) is 14.9. The molecule has 0 aliphatic heterocycles. The first-order valence-corrected chi connectivity index (χ1v) is 8.01. The van der Waals surface area contributed by atoms with Gasteiger partial charge in [-0.05, 0) is 42.5 Å². The Balaban J connectivity index is 1.71. The summed E-state index contributed by atoms with van der Waals surface area (Å²) >= 11 is 0. The number of hydrogen-bond donors (Lipinski definition) is 2. The summed E-state index contributed by atoms with van der Waals surface area (Å²) < 4.78 is 39.0. The molecule has 0 spiro atoms. The average Bonchev–Trinajstić information content (AvgIpc) is 3.16. The zero-order valence-electron chi connectivity index (χ0n) is 14.9. The predicted octanol–water partition coefficient (Wildman–Crippen LogP) is 3.34. The molecule has 0 aliphatic rings. The van der Waals surface area contributed by atoms with E-state index >= 15 is 0 Å². The van der Waals surface area contributed by atoms with Crippen molar-refractivity contribution in [3.8, 4) is 28.6 Å². The highest BCUT2D eigenvalue weighted by molar-refractivity contribution is 6.03. The molecule has 2 N–H and O–H groups in total. The second-order valence-corrected chi connectivity index (χ2v) is 5.43. The van der Waals surface area contributed by atoms with E-state index in [9.17, 15) is 13.6 Å². The molecule has 10 heteroatoms. The number of carbonyl (C=O) groups is 1. The summed E-state index contributed by atoms with van der Waals surface area (Å²) in [4.78, 5) is 16.5. The standard InChI is InChI=1S/C18H16F2N4O4/c1-26-13-8-5-11(9-14(13)27-2)15-21-18(24-23-15)22-16(25)10-3-6-12(7-4-10)28-17(19)20/h3-9,17H,1-2H3,(H2,21,22,23,24,25). The molecule has 1 aromatic heterocycles. The quantitative estimate of drug-likeness (QED) is 0.642. The molecule has 1 amide bonds. The first kappa shape index (κ1) is 19.1. The van der Waals surface area contributed by atoms with Crippen molar-refractivity contribution >= 4 is 11.9 Å². The van der Waals surface area contributed by atoms with E-state index in [-0.39, 0.29) is 17.3 Å². The molecular weight excluding hydrogens is 374 g/mol. The van der Waals surface area contributed by atoms with Crippen molar-refractivity contribution in [3.05, 3.63) is 48.0 Å². The van der Waals surface area contributed by atoms with E-state index in [1.807, 2.05) is 0 Å². The lowest BCUT2D eigenvalue weighted by molar-refractivity contribution is -0.0498. The van der Waals surface area contributed by atoms with Gasteiger partial charge in [0.05, 0.1) is 14.2 Å². The van der Waals surface area contributed by atoms with Crippen molar-refractivity contribution in [3.63, 3.8) is 0 Å². The number of rotatable bonds is 7. The van der Waals surface area contributed by atoms with Crippen LogP contribution in [0.15, 0.2) is 42.5 Å². The first-order chi connectivity index (χ1) is 13.5. The van der Waals surface area contributed by atoms with Gasteiger partial charge >= 0.3 is 6.61 Å². The van der Waals surface area contributed by atoms with E-state index in [0.29, 0.717) is 22.9 Å². The van der Waals surface area contributed by atoms with Gasteiger partial charge in [0.1, 0.15) is 5.75 Å². The number of hydrogen-bond acceptors (Lipinski definition) is 6. The molecule has 0 radical (unpaired) electrons. The molecule has 0 aliphatic carbocycles. The van der Waals surface area contributed by atoms with Crippen molar-refractivity contribution in [2.75, 3.05) is 19.5 Å². The summed E-state index contributed by atoms with van der Waals surface area (Å²) in [6, 6.07) is 10.5. The number of aromatic nitrogens is 3. The van der Waals surface area contributed by atoms with E-state index in [2.05, 4.69) is 25.2 Å². The molecule has 0 saturated heterocycles. The molecule has 0 fully saturated rings. The molecule has 146 valence electrons. The van der Waals surface area contributed by atoms with Crippen LogP contribution in [0.2, 0.25) is 0 Å². The van der Waals surface area contributed by atoms with Gasteiger partial charge in [0.2, 0.25) is 5.95 Å². The fraction of sp³-hybridized carbons (Fsp3) is 0.167. The monoisotopic (exact) mass is 390 g/mol. The fourth-order valence-corrected chi connectivity index (χ4v) is 2.39. The number of benzene rings is 2. The number of amides is 1. The zero-order chi connectivity index (χ0) is 20.1. The Hall–Kier alpha value is -3.69. The Kier molecular flexibility index (Phi) is 5.68. The lowest BCUT2D eigenvalue weighted by Gasteiger charge is -2.08. The Morgan fingerprint density at radius 3 is 2.43 bits per heavy atom. The summed E-state index contributed by atoms with van der Waals surface area (Å²) in [6.45, 7) is -2.93. The highest BCUT2D eigenvalue weighted by atomic mass is 19.3. The number of halogens is 2. The third-order valence-corrected chi connectivity index (χ3v) is 3.71. The molecule has 8 nitrogen and oxygen atoms in total. The maximum atomic E-state index is 12.2. The van der Waals surface area contributed by atoms with E-state index in [0.717, 1.165) is 0 Å². The maximum Gasteiger partial charge on any atom is 0.387 e. The van der Waals surface area contributed by atoms with E-state index in [1.54, 1.807) is 18.2 Å². The molecule has 0 atom stereocenters. The third kappa shape index (κ3) is 4.34. The van der Waals surface area contributed by atoms with Crippen molar-refractivity contribution in [2.45, 2.75) is 6.61 Å². The number of alkyl halides is 2. The minimum absolute atomic E-state index is 0.0415. The van der Waals surface area contributed by atoms with Crippen molar-refractivity contribution < 1.29 is 27.8 Å². The summed E-state index contributed by atoms with van der Waals surface area (Å²) in [5.41, 5.74) is 0.915. The lowest BCUT2D eigenvalue weighted by Crippen LogP contribution is -2.13. The number of anilines is 1. The van der Waals surface area contributed by atoms with Crippen LogP contribution >= 0.6 is 0 Å². The Morgan fingerprint density at radius 2 is 1.79 bits per heavy atom. The average molecular weight is 390 g/mol. The molecule has 0 saturated carbocycles. The second-order valence-electron chi connectivity index (χ2n) is 5.43. The molecule has 1 heterocycles. The Morgan fingerprint density at radius 1 is 1.07 bits per heavy atom. The molecule has 0 unspecified atom stereocenters. The fourth-order valence-electron chi connectivity index (χ4n) is 2.39. The smallest absolute Gasteiger partial charge is 0.387 e. The summed E-state index contributed by atoms with van der Waals surface area (Å²) in [6.07, 6.45) is 0. The Bertz CT molecular complexity index is 960. The SMILES string of the molecule is COc1ccc(-c2nc(NC(=O)c3ccc(OC(F)F)cc3)n[nH]2)cc1OC. The maximum absolute atomic E-state index is 12.2. The first-order valence-electron chi connectivity index (χ1n) is 8.01. The van der Waals surface area contributed by atoms with Crippen LogP contribution in [0.5, 0.6) is 17.2 Å². The van der Waals surface area contributed by atoms with Gasteiger partial charge < -0.3 is 14.2 Å². The van der Waals surface area contributed by atoms with Gasteiger partial charge in [0, 0.05) is 11.1 Å². The normalized spacial score (nSPS) is 10.6. The van der Waals surface area contributed by atoms with Gasteiger partial charge in [-0.15, -0.1) is 5.10 Å². The van der Waals surface area contributed by atoms with E-state index in [1.165, 1.54) is 38.5 Å². The van der Waals surface area contributed by atoms with Crippen LogP contribution in [-0.4, -0.2) is 41.9 Å². The molecule has 0 bridgehead atoms. The molecule has 3 aromatic rings. The summed E-state index contributed by atoms with van der Waals surface area (Å²) in [7, 11) is 3.05. The van der Waals surface area contributed by atoms with Gasteiger partial charge in [-0.2, -0.15) is 13.8 Å². The van der Waals surface area contributed by atoms with Crippen molar-refractivity contribution in [1.82, 2.24) is 15.2 Å². The lowest BCUT2D eigenvalue weighted by atomic mass is 10.2.